The molecule has 0 amide bonds. The molecule has 1 aromatic carbocycles. The summed E-state index contributed by atoms with van der Waals surface area (Å²) in [6, 6.07) is 8.67. The highest BCUT2D eigenvalue weighted by atomic mass is 16.7. The van der Waals surface area contributed by atoms with E-state index in [0.29, 0.717) is 17.1 Å². The normalized spacial score (nSPS) is 16.8. The lowest BCUT2D eigenvalue weighted by Crippen LogP contribution is -2.22. The lowest BCUT2D eigenvalue weighted by atomic mass is 10.2. The number of carbonyl (C=O) groups excluding carboxylic acids is 1. The molecular formula is C14H16O5. The second kappa shape index (κ2) is 5.32. The van der Waals surface area contributed by atoms with E-state index in [0.717, 1.165) is 0 Å². The van der Waals surface area contributed by atoms with E-state index in [9.17, 15) is 4.79 Å². The molecule has 1 N–H and O–H groups in total. The summed E-state index contributed by atoms with van der Waals surface area (Å²) in [6.45, 7) is 3.08. The van der Waals surface area contributed by atoms with Crippen molar-refractivity contribution in [2.75, 3.05) is 13.2 Å². The fourth-order valence-electron chi connectivity index (χ4n) is 1.75. The number of esters is 1. The maximum Gasteiger partial charge on any atom is 0.338 e. The van der Waals surface area contributed by atoms with Gasteiger partial charge in [-0.2, -0.15) is 0 Å². The molecule has 0 unspecified atom stereocenters. The first-order valence-corrected chi connectivity index (χ1v) is 5.95. The molecular weight excluding hydrogens is 248 g/mol. The van der Waals surface area contributed by atoms with Crippen LogP contribution in [0.1, 0.15) is 24.2 Å². The van der Waals surface area contributed by atoms with Gasteiger partial charge in [0.15, 0.2) is 18.1 Å². The molecule has 102 valence electrons. The third kappa shape index (κ3) is 3.26. The highest BCUT2D eigenvalue weighted by molar-refractivity contribution is 5.89. The molecule has 0 spiro atoms. The van der Waals surface area contributed by atoms with E-state index < -0.39 is 11.8 Å². The van der Waals surface area contributed by atoms with Crippen molar-refractivity contribution in [1.82, 2.24) is 0 Å². The highest BCUT2D eigenvalue weighted by Gasteiger charge is 2.34. The van der Waals surface area contributed by atoms with E-state index in [-0.39, 0.29) is 13.2 Å². The Hall–Kier alpha value is -2.01. The van der Waals surface area contributed by atoms with Gasteiger partial charge in [-0.3, -0.25) is 0 Å². The van der Waals surface area contributed by atoms with E-state index in [1.54, 1.807) is 38.1 Å². The van der Waals surface area contributed by atoms with E-state index in [2.05, 4.69) is 0 Å². The van der Waals surface area contributed by atoms with Crippen molar-refractivity contribution < 1.29 is 24.1 Å². The number of ether oxygens (including phenoxy) is 3. The Morgan fingerprint density at radius 1 is 1.21 bits per heavy atom. The standard InChI is InChI=1S/C14H16O5/c1-14(2)18-11(8-15)12(19-14)9-17-13(16)10-6-4-3-5-7-10/h3-7,15H,8-9H2,1-2H3. The summed E-state index contributed by atoms with van der Waals surface area (Å²) in [5.74, 6) is -0.645. The fraction of sp³-hybridized carbons (Fsp3) is 0.357. The Kier molecular flexibility index (Phi) is 3.76. The molecule has 0 radical (unpaired) electrons. The van der Waals surface area contributed by atoms with Crippen LogP contribution in [0, 0.1) is 0 Å². The molecule has 1 heterocycles. The van der Waals surface area contributed by atoms with E-state index in [4.69, 9.17) is 19.3 Å². The Bertz CT molecular complexity index is 490. The summed E-state index contributed by atoms with van der Waals surface area (Å²) >= 11 is 0. The number of rotatable bonds is 4. The van der Waals surface area contributed by atoms with Crippen LogP contribution < -0.4 is 0 Å². The summed E-state index contributed by atoms with van der Waals surface area (Å²) in [5, 5.41) is 9.15. The number of carbonyl (C=O) groups is 1. The number of aliphatic hydroxyl groups excluding tert-OH is 1. The van der Waals surface area contributed by atoms with Crippen molar-refractivity contribution in [1.29, 1.82) is 0 Å². The van der Waals surface area contributed by atoms with E-state index in [1.165, 1.54) is 0 Å². The smallest absolute Gasteiger partial charge is 0.338 e. The van der Waals surface area contributed by atoms with Crippen LogP contribution in [0.15, 0.2) is 41.9 Å². The molecule has 19 heavy (non-hydrogen) atoms. The van der Waals surface area contributed by atoms with Gasteiger partial charge >= 0.3 is 5.97 Å². The SMILES string of the molecule is CC1(C)OC(CO)=C(COC(=O)c2ccccc2)O1. The van der Waals surface area contributed by atoms with Crippen LogP contribution in [-0.4, -0.2) is 30.1 Å². The van der Waals surface area contributed by atoms with Gasteiger partial charge in [0.25, 0.3) is 0 Å². The predicted molar refractivity (Wildman–Crippen MR) is 67.1 cm³/mol. The molecule has 0 aromatic heterocycles. The summed E-state index contributed by atoms with van der Waals surface area (Å²) in [7, 11) is 0. The van der Waals surface area contributed by atoms with Gasteiger partial charge in [-0.1, -0.05) is 18.2 Å². The van der Waals surface area contributed by atoms with Crippen molar-refractivity contribution >= 4 is 5.97 Å². The largest absolute Gasteiger partial charge is 0.454 e. The number of hydrogen-bond acceptors (Lipinski definition) is 5. The van der Waals surface area contributed by atoms with Gasteiger partial charge in [0.05, 0.1) is 5.56 Å². The second-order valence-corrected chi connectivity index (χ2v) is 4.55. The van der Waals surface area contributed by atoms with Gasteiger partial charge in [-0.05, 0) is 12.1 Å². The number of benzene rings is 1. The summed E-state index contributed by atoms with van der Waals surface area (Å²) in [6.07, 6.45) is 0. The lowest BCUT2D eigenvalue weighted by Gasteiger charge is -2.18. The molecule has 1 aliphatic rings. The first kappa shape index (κ1) is 13.4. The minimum atomic E-state index is -0.841. The van der Waals surface area contributed by atoms with Crippen LogP contribution in [0.2, 0.25) is 0 Å². The maximum atomic E-state index is 11.8. The van der Waals surface area contributed by atoms with E-state index in [1.807, 2.05) is 6.07 Å². The Balaban J connectivity index is 1.97. The van der Waals surface area contributed by atoms with Gasteiger partial charge in [-0.25, -0.2) is 4.79 Å². The van der Waals surface area contributed by atoms with E-state index >= 15 is 0 Å². The van der Waals surface area contributed by atoms with Crippen molar-refractivity contribution in [3.8, 4) is 0 Å². The number of hydrogen-bond donors (Lipinski definition) is 1. The third-order valence-electron chi connectivity index (χ3n) is 2.54. The van der Waals surface area contributed by atoms with Gasteiger partial charge in [0, 0.05) is 13.8 Å². The molecule has 0 saturated carbocycles. The quantitative estimate of drug-likeness (QED) is 0.840. The molecule has 5 heteroatoms. The average molecular weight is 264 g/mol. The molecule has 0 fully saturated rings. The minimum Gasteiger partial charge on any atom is -0.454 e. The summed E-state index contributed by atoms with van der Waals surface area (Å²) in [4.78, 5) is 11.8. The van der Waals surface area contributed by atoms with Crippen molar-refractivity contribution in [3.63, 3.8) is 0 Å². The van der Waals surface area contributed by atoms with Crippen LogP contribution in [-0.2, 0) is 14.2 Å². The van der Waals surface area contributed by atoms with Crippen LogP contribution in [0.5, 0.6) is 0 Å². The maximum absolute atomic E-state index is 11.8. The molecule has 2 rings (SSSR count). The monoisotopic (exact) mass is 264 g/mol. The van der Waals surface area contributed by atoms with Crippen molar-refractivity contribution in [2.24, 2.45) is 0 Å². The fourth-order valence-corrected chi connectivity index (χ4v) is 1.75. The van der Waals surface area contributed by atoms with Crippen LogP contribution in [0.3, 0.4) is 0 Å². The van der Waals surface area contributed by atoms with Crippen LogP contribution in [0.25, 0.3) is 0 Å². The third-order valence-corrected chi connectivity index (χ3v) is 2.54. The van der Waals surface area contributed by atoms with Gasteiger partial charge in [0.2, 0.25) is 5.79 Å². The minimum absolute atomic E-state index is 0.0624. The first-order chi connectivity index (χ1) is 9.02. The Morgan fingerprint density at radius 3 is 2.47 bits per heavy atom. The van der Waals surface area contributed by atoms with Gasteiger partial charge < -0.3 is 19.3 Å². The zero-order valence-electron chi connectivity index (χ0n) is 10.9. The number of aliphatic hydroxyl groups is 1. The Labute approximate surface area is 111 Å². The van der Waals surface area contributed by atoms with Crippen molar-refractivity contribution in [3.05, 3.63) is 47.4 Å². The molecule has 0 aliphatic carbocycles. The zero-order valence-corrected chi connectivity index (χ0v) is 10.9. The molecule has 0 atom stereocenters. The molecule has 0 bridgehead atoms. The lowest BCUT2D eigenvalue weighted by molar-refractivity contribution is -0.129. The summed E-state index contributed by atoms with van der Waals surface area (Å²) in [5.41, 5.74) is 0.465. The Morgan fingerprint density at radius 2 is 1.84 bits per heavy atom. The predicted octanol–water partition coefficient (Wildman–Crippen LogP) is 1.83. The first-order valence-electron chi connectivity index (χ1n) is 5.95. The molecule has 1 aromatic rings. The van der Waals surface area contributed by atoms with Gasteiger partial charge in [-0.15, -0.1) is 0 Å². The molecule has 1 aliphatic heterocycles. The topological polar surface area (TPSA) is 65.0 Å². The van der Waals surface area contributed by atoms with Crippen molar-refractivity contribution in [2.45, 2.75) is 19.6 Å². The average Bonchev–Trinajstić information content (AvgIpc) is 2.71. The van der Waals surface area contributed by atoms with Crippen LogP contribution in [0.4, 0.5) is 0 Å². The highest BCUT2D eigenvalue weighted by Crippen LogP contribution is 2.30. The summed E-state index contributed by atoms with van der Waals surface area (Å²) < 4.78 is 15.9. The van der Waals surface area contributed by atoms with Gasteiger partial charge in [0.1, 0.15) is 6.61 Å². The molecule has 0 saturated heterocycles. The zero-order chi connectivity index (χ0) is 13.9. The van der Waals surface area contributed by atoms with Crippen LogP contribution >= 0.6 is 0 Å². The second-order valence-electron chi connectivity index (χ2n) is 4.55. The molecule has 5 nitrogen and oxygen atoms in total.